The van der Waals surface area contributed by atoms with E-state index < -0.39 is 10.0 Å². The van der Waals surface area contributed by atoms with Gasteiger partial charge in [-0.25, -0.2) is 13.6 Å². The molecule has 0 unspecified atom stereocenters. The van der Waals surface area contributed by atoms with E-state index in [1.807, 2.05) is 6.26 Å². The minimum Gasteiger partial charge on any atom is -0.325 e. The molecule has 7 heteroatoms. The van der Waals surface area contributed by atoms with E-state index in [1.165, 1.54) is 30.0 Å². The van der Waals surface area contributed by atoms with Crippen LogP contribution in [0.15, 0.2) is 29.2 Å². The molecule has 0 saturated carbocycles. The van der Waals surface area contributed by atoms with Gasteiger partial charge < -0.3 is 5.32 Å². The highest BCUT2D eigenvalue weighted by Crippen LogP contribution is 2.15. The summed E-state index contributed by atoms with van der Waals surface area (Å²) in [7, 11) is -3.74. The third-order valence-corrected chi connectivity index (χ3v) is 3.99. The van der Waals surface area contributed by atoms with Crippen LogP contribution in [0.25, 0.3) is 0 Å². The van der Waals surface area contributed by atoms with Gasteiger partial charge in [0.1, 0.15) is 0 Å². The predicted molar refractivity (Wildman–Crippen MR) is 69.4 cm³/mol. The van der Waals surface area contributed by atoms with Crippen molar-refractivity contribution in [2.24, 2.45) is 5.14 Å². The number of nitrogens with one attached hydrogen (secondary N) is 1. The summed E-state index contributed by atoms with van der Waals surface area (Å²) in [5, 5.41) is 7.42. The Morgan fingerprint density at radius 1 is 1.47 bits per heavy atom. The number of nitrogens with two attached hydrogens (primary N) is 1. The number of thioether (sulfide) groups is 1. The average Bonchev–Trinajstić information content (AvgIpc) is 2.27. The zero-order valence-electron chi connectivity index (χ0n) is 9.51. The Balaban J connectivity index is 2.91. The van der Waals surface area contributed by atoms with Crippen LogP contribution in [0.5, 0.6) is 0 Å². The summed E-state index contributed by atoms with van der Waals surface area (Å²) in [5.41, 5.74) is 0.419. The Kier molecular flexibility index (Phi) is 4.55. The Morgan fingerprint density at radius 3 is 2.65 bits per heavy atom. The molecule has 0 aromatic heterocycles. The van der Waals surface area contributed by atoms with Crippen LogP contribution in [0.4, 0.5) is 5.69 Å². The maximum absolute atomic E-state index is 11.6. The molecule has 0 heterocycles. The second-order valence-electron chi connectivity index (χ2n) is 3.44. The molecule has 1 aromatic rings. The minimum absolute atomic E-state index is 0.0212. The lowest BCUT2D eigenvalue weighted by atomic mass is 10.3. The first kappa shape index (κ1) is 14.0. The fraction of sp³-hybridized carbons (Fsp3) is 0.300. The monoisotopic (exact) mass is 274 g/mol. The summed E-state index contributed by atoms with van der Waals surface area (Å²) in [4.78, 5) is 11.6. The zero-order chi connectivity index (χ0) is 13.1. The van der Waals surface area contributed by atoms with Gasteiger partial charge in [-0.1, -0.05) is 6.07 Å². The second kappa shape index (κ2) is 5.52. The van der Waals surface area contributed by atoms with Crippen LogP contribution >= 0.6 is 11.8 Å². The molecule has 17 heavy (non-hydrogen) atoms. The van der Waals surface area contributed by atoms with E-state index in [0.717, 1.165) is 0 Å². The number of carbonyl (C=O) groups excluding carboxylic acids is 1. The molecule has 0 fully saturated rings. The number of hydrogen-bond donors (Lipinski definition) is 2. The molecule has 1 rings (SSSR count). The van der Waals surface area contributed by atoms with Gasteiger partial charge >= 0.3 is 0 Å². The first-order valence-corrected chi connectivity index (χ1v) is 7.64. The highest BCUT2D eigenvalue weighted by Gasteiger charge is 2.13. The Morgan fingerprint density at radius 2 is 2.12 bits per heavy atom. The molecule has 0 radical (unpaired) electrons. The van der Waals surface area contributed by atoms with Crippen molar-refractivity contribution >= 4 is 33.4 Å². The Bertz CT molecular complexity index is 514. The SMILES string of the molecule is CS[C@H](C)C(=O)Nc1cccc(S(N)(=O)=O)c1. The molecule has 0 aliphatic heterocycles. The third kappa shape index (κ3) is 4.03. The van der Waals surface area contributed by atoms with Gasteiger partial charge in [-0.05, 0) is 31.4 Å². The number of primary sulfonamides is 1. The topological polar surface area (TPSA) is 89.3 Å². The van der Waals surface area contributed by atoms with Crippen molar-refractivity contribution in [1.82, 2.24) is 0 Å². The number of amides is 1. The predicted octanol–water partition coefficient (Wildman–Crippen LogP) is 1.02. The largest absolute Gasteiger partial charge is 0.325 e. The van der Waals surface area contributed by atoms with Crippen LogP contribution in [0, 0.1) is 0 Å². The molecule has 0 spiro atoms. The zero-order valence-corrected chi connectivity index (χ0v) is 11.1. The van der Waals surface area contributed by atoms with Gasteiger partial charge in [0.2, 0.25) is 15.9 Å². The van der Waals surface area contributed by atoms with E-state index in [9.17, 15) is 13.2 Å². The van der Waals surface area contributed by atoms with E-state index in [2.05, 4.69) is 5.32 Å². The molecule has 3 N–H and O–H groups in total. The van der Waals surface area contributed by atoms with Gasteiger partial charge in [0.15, 0.2) is 0 Å². The van der Waals surface area contributed by atoms with Gasteiger partial charge in [-0.3, -0.25) is 4.79 Å². The first-order valence-electron chi connectivity index (χ1n) is 4.81. The lowest BCUT2D eigenvalue weighted by Crippen LogP contribution is -2.22. The maximum Gasteiger partial charge on any atom is 0.238 e. The summed E-state index contributed by atoms with van der Waals surface area (Å²) in [6.45, 7) is 1.77. The van der Waals surface area contributed by atoms with Crippen LogP contribution < -0.4 is 10.5 Å². The number of hydrogen-bond acceptors (Lipinski definition) is 4. The van der Waals surface area contributed by atoms with Crippen LogP contribution in [0.1, 0.15) is 6.92 Å². The van der Waals surface area contributed by atoms with Crippen LogP contribution in [-0.2, 0) is 14.8 Å². The van der Waals surface area contributed by atoms with Crippen LogP contribution in [0.3, 0.4) is 0 Å². The molecule has 1 atom stereocenters. The van der Waals surface area contributed by atoms with Crippen molar-refractivity contribution in [2.45, 2.75) is 17.1 Å². The van der Waals surface area contributed by atoms with Crippen LogP contribution in [-0.4, -0.2) is 25.8 Å². The molecule has 0 aliphatic rings. The number of sulfonamides is 1. The highest BCUT2D eigenvalue weighted by molar-refractivity contribution is 7.99. The van der Waals surface area contributed by atoms with Gasteiger partial charge in [0, 0.05) is 5.69 Å². The normalized spacial score (nSPS) is 13.1. The van der Waals surface area contributed by atoms with E-state index in [-0.39, 0.29) is 16.1 Å². The summed E-state index contributed by atoms with van der Waals surface area (Å²) in [5.74, 6) is -0.177. The van der Waals surface area contributed by atoms with Crippen molar-refractivity contribution in [3.8, 4) is 0 Å². The van der Waals surface area contributed by atoms with E-state index in [4.69, 9.17) is 5.14 Å². The number of carbonyl (C=O) groups is 1. The fourth-order valence-corrected chi connectivity index (χ4v) is 1.93. The first-order chi connectivity index (χ1) is 7.84. The van der Waals surface area contributed by atoms with Crippen molar-refractivity contribution in [1.29, 1.82) is 0 Å². The molecule has 0 saturated heterocycles. The molecule has 94 valence electrons. The van der Waals surface area contributed by atoms with Gasteiger partial charge in [0.05, 0.1) is 10.1 Å². The molecule has 1 aromatic carbocycles. The molecule has 5 nitrogen and oxygen atoms in total. The van der Waals surface area contributed by atoms with Gasteiger partial charge in [-0.15, -0.1) is 0 Å². The Labute approximate surface area is 105 Å². The second-order valence-corrected chi connectivity index (χ2v) is 6.18. The summed E-state index contributed by atoms with van der Waals surface area (Å²) < 4.78 is 22.2. The maximum atomic E-state index is 11.6. The number of benzene rings is 1. The molecular formula is C10H14N2O3S2. The smallest absolute Gasteiger partial charge is 0.238 e. The lowest BCUT2D eigenvalue weighted by molar-refractivity contribution is -0.115. The summed E-state index contributed by atoms with van der Waals surface area (Å²) >= 11 is 1.41. The quantitative estimate of drug-likeness (QED) is 0.858. The molecule has 0 aliphatic carbocycles. The third-order valence-electron chi connectivity index (χ3n) is 2.15. The van der Waals surface area contributed by atoms with Crippen molar-refractivity contribution < 1.29 is 13.2 Å². The number of anilines is 1. The highest BCUT2D eigenvalue weighted by atomic mass is 32.2. The van der Waals surface area contributed by atoms with Crippen molar-refractivity contribution in [3.05, 3.63) is 24.3 Å². The Hall–Kier alpha value is -1.05. The fourth-order valence-electron chi connectivity index (χ4n) is 1.10. The minimum atomic E-state index is -3.74. The van der Waals surface area contributed by atoms with Gasteiger partial charge in [0.25, 0.3) is 0 Å². The van der Waals surface area contributed by atoms with E-state index >= 15 is 0 Å². The van der Waals surface area contributed by atoms with E-state index in [1.54, 1.807) is 13.0 Å². The average molecular weight is 274 g/mol. The van der Waals surface area contributed by atoms with Gasteiger partial charge in [-0.2, -0.15) is 11.8 Å². The van der Waals surface area contributed by atoms with Crippen LogP contribution in [0.2, 0.25) is 0 Å². The standard InChI is InChI=1S/C10H14N2O3S2/c1-7(16-2)10(13)12-8-4-3-5-9(6-8)17(11,14)15/h3-7H,1-2H3,(H,12,13)(H2,11,14,15)/t7-/m1/s1. The molecular weight excluding hydrogens is 260 g/mol. The molecule has 1 amide bonds. The lowest BCUT2D eigenvalue weighted by Gasteiger charge is -2.10. The summed E-state index contributed by atoms with van der Waals surface area (Å²) in [6, 6.07) is 5.85. The van der Waals surface area contributed by atoms with E-state index in [0.29, 0.717) is 5.69 Å². The molecule has 0 bridgehead atoms. The van der Waals surface area contributed by atoms with Crippen molar-refractivity contribution in [2.75, 3.05) is 11.6 Å². The number of rotatable bonds is 4. The summed E-state index contributed by atoms with van der Waals surface area (Å²) in [6.07, 6.45) is 1.82. The van der Waals surface area contributed by atoms with Crippen molar-refractivity contribution in [3.63, 3.8) is 0 Å².